The van der Waals surface area contributed by atoms with Crippen molar-refractivity contribution >= 4 is 86.6 Å². The molecule has 0 fully saturated rings. The summed E-state index contributed by atoms with van der Waals surface area (Å²) in [4.78, 5) is 110. The van der Waals surface area contributed by atoms with Crippen LogP contribution in [0.4, 0.5) is 11.4 Å². The SMILES string of the molecule is CC(C)[C@H](NC(=O)[C@H](CO)NC(=O)CN(CCN(CC(=O)O)CC(=O)O)CC(=O)O)C(=O)NCc1ccc(Nc2c3ccccc3nc3c(C(=O)N[C@@H](CCCN=C(N)N)C([NH3+])=O)cccc23)cc1. The number of benzene rings is 3. The number of carboxylic acid groups (broad SMARTS) is 3. The molecule has 0 saturated heterocycles. The van der Waals surface area contributed by atoms with Crippen LogP contribution in [0.15, 0.2) is 71.7 Å². The lowest BCUT2D eigenvalue weighted by molar-refractivity contribution is -0.308. The zero-order valence-corrected chi connectivity index (χ0v) is 38.1. The highest BCUT2D eigenvalue weighted by Crippen LogP contribution is 2.34. The lowest BCUT2D eigenvalue weighted by atomic mass is 10.0. The summed E-state index contributed by atoms with van der Waals surface area (Å²) < 4.78 is 0. The number of nitrogens with zero attached hydrogens (tertiary/aromatic N) is 4. The fraction of sp³-hybridized carbons (Fsp3) is 0.378. The van der Waals surface area contributed by atoms with Crippen molar-refractivity contribution < 1.29 is 64.5 Å². The standard InChI is InChI=1S/C45H58N12O12/c1-25(2)38(55-43(68)33(24-58)52-34(59)20-56(21-35(60)61)17-18-57(22-36(62)63)23-37(64)65)44(69)50-19-26-12-14-27(15-13-26)51-39-28-7-3-4-10-31(28)53-40-29(39)8-5-9-30(40)42(67)54-32(41(46)66)11-6-16-49-45(47)48/h3-5,7-10,12-15,25,32-33,38,58H,6,11,16-24H2,1-2H3,(H2,46,66)(H,50,69)(H,51,53)(H,52,59)(H,54,67)(H,55,68)(H,60,61)(H,62,63)(H,64,65)(H4,47,48,49)/p+1/t32-,33-,38-/m0/s1. The summed E-state index contributed by atoms with van der Waals surface area (Å²) in [6, 6.07) is 16.2. The third-order valence-electron chi connectivity index (χ3n) is 10.5. The van der Waals surface area contributed by atoms with Gasteiger partial charge in [0.1, 0.15) is 18.1 Å². The van der Waals surface area contributed by atoms with Gasteiger partial charge in [0.05, 0.1) is 55.1 Å². The Labute approximate surface area is 395 Å². The number of carboxylic acids is 3. The van der Waals surface area contributed by atoms with E-state index in [0.29, 0.717) is 39.8 Å². The highest BCUT2D eigenvalue weighted by molar-refractivity contribution is 6.15. The Morgan fingerprint density at radius 3 is 1.93 bits per heavy atom. The van der Waals surface area contributed by atoms with Gasteiger partial charge in [-0.3, -0.25) is 54.1 Å². The Hall–Kier alpha value is -7.80. The molecule has 4 rings (SSSR count). The van der Waals surface area contributed by atoms with Crippen molar-refractivity contribution in [1.82, 2.24) is 36.1 Å². The summed E-state index contributed by atoms with van der Waals surface area (Å²) in [5.41, 5.74) is 17.6. The number of amides is 5. The number of pyridine rings is 1. The number of aromatic nitrogens is 1. The Bertz CT molecular complexity index is 2520. The van der Waals surface area contributed by atoms with E-state index in [1.165, 1.54) is 0 Å². The number of nitrogens with two attached hydrogens (primary N) is 2. The zero-order chi connectivity index (χ0) is 50.8. The van der Waals surface area contributed by atoms with Crippen LogP contribution >= 0.6 is 0 Å². The van der Waals surface area contributed by atoms with Crippen LogP contribution in [0.25, 0.3) is 21.8 Å². The maximum Gasteiger partial charge on any atom is 0.331 e. The molecule has 370 valence electrons. The Morgan fingerprint density at radius 1 is 0.739 bits per heavy atom. The maximum atomic E-state index is 13.7. The molecule has 4 aromatic rings. The van der Waals surface area contributed by atoms with Gasteiger partial charge in [-0.05, 0) is 48.6 Å². The number of guanidine groups is 1. The summed E-state index contributed by atoms with van der Waals surface area (Å²) in [7, 11) is 0. The van der Waals surface area contributed by atoms with Gasteiger partial charge < -0.3 is 58.5 Å². The molecule has 0 aliphatic carbocycles. The predicted molar refractivity (Wildman–Crippen MR) is 251 cm³/mol. The highest BCUT2D eigenvalue weighted by atomic mass is 16.4. The van der Waals surface area contributed by atoms with Gasteiger partial charge in [0.25, 0.3) is 5.91 Å². The van der Waals surface area contributed by atoms with Gasteiger partial charge >= 0.3 is 23.8 Å². The number of aliphatic imine (C=N–C) groups is 1. The number of quaternary nitrogens is 1. The second-order valence-corrected chi connectivity index (χ2v) is 16.3. The molecule has 16 N–H and O–H groups in total. The fourth-order valence-electron chi connectivity index (χ4n) is 7.15. The number of carbonyl (C=O) groups is 8. The van der Waals surface area contributed by atoms with Crippen LogP contribution in [0.2, 0.25) is 0 Å². The lowest BCUT2D eigenvalue weighted by Crippen LogP contribution is -2.66. The van der Waals surface area contributed by atoms with Gasteiger partial charge in [0.2, 0.25) is 17.7 Å². The minimum absolute atomic E-state index is 0.0544. The van der Waals surface area contributed by atoms with Gasteiger partial charge in [-0.2, -0.15) is 0 Å². The molecule has 1 aromatic heterocycles. The molecule has 3 aromatic carbocycles. The number of rotatable bonds is 28. The smallest absolute Gasteiger partial charge is 0.331 e. The van der Waals surface area contributed by atoms with Gasteiger partial charge in [-0.15, -0.1) is 0 Å². The van der Waals surface area contributed by atoms with E-state index in [-0.39, 0.29) is 44.1 Å². The topological polar surface area (TPSA) is 389 Å². The number of aliphatic hydroxyl groups excluding tert-OH is 1. The quantitative estimate of drug-likeness (QED) is 0.0129. The van der Waals surface area contributed by atoms with E-state index in [2.05, 4.69) is 37.3 Å². The first-order chi connectivity index (χ1) is 32.8. The van der Waals surface area contributed by atoms with Crippen molar-refractivity contribution in [2.45, 2.75) is 51.4 Å². The molecule has 24 nitrogen and oxygen atoms in total. The average molecular weight is 960 g/mol. The predicted octanol–water partition coefficient (Wildman–Crippen LogP) is -1.86. The average Bonchev–Trinajstić information content (AvgIpc) is 3.28. The second-order valence-electron chi connectivity index (χ2n) is 16.3. The van der Waals surface area contributed by atoms with Gasteiger partial charge in [-0.25, -0.2) is 9.78 Å². The van der Waals surface area contributed by atoms with E-state index in [9.17, 15) is 48.6 Å². The summed E-state index contributed by atoms with van der Waals surface area (Å²) >= 11 is 0. The minimum Gasteiger partial charge on any atom is -0.480 e. The van der Waals surface area contributed by atoms with Crippen LogP contribution < -0.4 is 43.8 Å². The summed E-state index contributed by atoms with van der Waals surface area (Å²) in [6.07, 6.45) is 0.696. The van der Waals surface area contributed by atoms with Crippen LogP contribution in [0.5, 0.6) is 0 Å². The Balaban J connectivity index is 1.41. The molecule has 0 unspecified atom stereocenters. The molecule has 0 radical (unpaired) electrons. The first kappa shape index (κ1) is 53.8. The molecule has 0 spiro atoms. The van der Waals surface area contributed by atoms with Gasteiger partial charge in [0.15, 0.2) is 5.96 Å². The third kappa shape index (κ3) is 16.8. The molecule has 24 heteroatoms. The first-order valence-corrected chi connectivity index (χ1v) is 21.7. The van der Waals surface area contributed by atoms with E-state index in [1.807, 2.05) is 30.3 Å². The van der Waals surface area contributed by atoms with Crippen LogP contribution in [-0.2, 0) is 40.1 Å². The fourth-order valence-corrected chi connectivity index (χ4v) is 7.15. The molecule has 0 bridgehead atoms. The molecule has 0 saturated carbocycles. The van der Waals surface area contributed by atoms with E-state index >= 15 is 0 Å². The number of anilines is 2. The molecular weight excluding hydrogens is 901 g/mol. The van der Waals surface area contributed by atoms with Crippen molar-refractivity contribution in [2.75, 3.05) is 57.7 Å². The first-order valence-electron chi connectivity index (χ1n) is 21.7. The Kier molecular flexibility index (Phi) is 20.2. The van der Waals surface area contributed by atoms with Crippen LogP contribution in [0.1, 0.15) is 42.6 Å². The van der Waals surface area contributed by atoms with Gasteiger partial charge in [0, 0.05) is 42.6 Å². The van der Waals surface area contributed by atoms with E-state index < -0.39 is 104 Å². The van der Waals surface area contributed by atoms with Crippen molar-refractivity contribution in [1.29, 1.82) is 0 Å². The Morgan fingerprint density at radius 2 is 1.35 bits per heavy atom. The number of nitrogens with one attached hydrogen (secondary N) is 5. The van der Waals surface area contributed by atoms with E-state index in [1.54, 1.807) is 50.2 Å². The number of hydrogen-bond donors (Lipinski definition) is 12. The van der Waals surface area contributed by atoms with E-state index in [4.69, 9.17) is 26.7 Å². The molecule has 0 aliphatic rings. The van der Waals surface area contributed by atoms with Gasteiger partial charge in [-0.1, -0.05) is 56.3 Å². The van der Waals surface area contributed by atoms with Crippen LogP contribution in [0.3, 0.4) is 0 Å². The molecule has 1 heterocycles. The molecular formula is C45H59N12O12+. The zero-order valence-electron chi connectivity index (χ0n) is 38.1. The van der Waals surface area contributed by atoms with Crippen molar-refractivity contribution in [3.8, 4) is 0 Å². The monoisotopic (exact) mass is 959 g/mol. The number of hydrogen-bond acceptors (Lipinski definition) is 14. The normalized spacial score (nSPS) is 12.5. The maximum absolute atomic E-state index is 13.7. The second kappa shape index (κ2) is 25.9. The third-order valence-corrected chi connectivity index (χ3v) is 10.5. The lowest BCUT2D eigenvalue weighted by Gasteiger charge is -2.26. The molecule has 3 atom stereocenters. The number of aliphatic hydroxyl groups is 1. The number of fused-ring (bicyclic) bond motifs is 2. The summed E-state index contributed by atoms with van der Waals surface area (Å²) in [6.45, 7) is -0.189. The van der Waals surface area contributed by atoms with Crippen LogP contribution in [-0.4, -0.2) is 159 Å². The highest BCUT2D eigenvalue weighted by Gasteiger charge is 2.30. The van der Waals surface area contributed by atoms with Crippen molar-refractivity contribution in [3.63, 3.8) is 0 Å². The summed E-state index contributed by atoms with van der Waals surface area (Å²) in [5.74, 6) is -7.80. The van der Waals surface area contributed by atoms with Crippen molar-refractivity contribution in [3.05, 3.63) is 77.9 Å². The van der Waals surface area contributed by atoms with Crippen LogP contribution in [0, 0.1) is 5.92 Å². The molecule has 69 heavy (non-hydrogen) atoms. The van der Waals surface area contributed by atoms with Crippen molar-refractivity contribution in [2.24, 2.45) is 22.4 Å². The van der Waals surface area contributed by atoms with E-state index in [0.717, 1.165) is 15.2 Å². The number of carbonyl (C=O) groups excluding carboxylic acids is 5. The molecule has 5 amide bonds. The molecule has 0 aliphatic heterocycles. The number of aliphatic carboxylic acids is 3. The minimum atomic E-state index is -1.54. The number of para-hydroxylation sites is 2. The largest absolute Gasteiger partial charge is 0.480 e. The summed E-state index contributed by atoms with van der Waals surface area (Å²) in [5, 5.41) is 52.8.